The topological polar surface area (TPSA) is 72.5 Å². The second kappa shape index (κ2) is 8.78. The van der Waals surface area contributed by atoms with Crippen LogP contribution in [0.25, 0.3) is 0 Å². The van der Waals surface area contributed by atoms with Crippen LogP contribution in [0.3, 0.4) is 0 Å². The Balaban J connectivity index is 1.95. The first-order valence-corrected chi connectivity index (χ1v) is 8.17. The Morgan fingerprint density at radius 2 is 1.64 bits per heavy atom. The molecule has 0 radical (unpaired) electrons. The average molecular weight is 339 g/mol. The standard InChI is InChI=1S/C20H21NO4/c1-3-25-20(24)16-6-4-5-7-17(16)21-19(23)13-12-18(22)15-10-8-14(2)9-11-15/h4-11H,3,12-13H2,1-2H3,(H,21,23). The zero-order valence-corrected chi connectivity index (χ0v) is 14.4. The summed E-state index contributed by atoms with van der Waals surface area (Å²) >= 11 is 0. The van der Waals surface area contributed by atoms with E-state index in [1.165, 1.54) is 0 Å². The molecule has 0 atom stereocenters. The number of Topliss-reactive ketones (excluding diaryl/α,β-unsaturated/α-hetero) is 1. The van der Waals surface area contributed by atoms with Crippen molar-refractivity contribution in [3.63, 3.8) is 0 Å². The number of anilines is 1. The maximum Gasteiger partial charge on any atom is 0.340 e. The molecule has 0 heterocycles. The van der Waals surface area contributed by atoms with Crippen molar-refractivity contribution in [3.05, 3.63) is 65.2 Å². The van der Waals surface area contributed by atoms with Crippen LogP contribution in [0.2, 0.25) is 0 Å². The van der Waals surface area contributed by atoms with E-state index in [0.717, 1.165) is 5.56 Å². The zero-order chi connectivity index (χ0) is 18.2. The SMILES string of the molecule is CCOC(=O)c1ccccc1NC(=O)CCC(=O)c1ccc(C)cc1. The normalized spacial score (nSPS) is 10.2. The molecular formula is C20H21NO4. The Morgan fingerprint density at radius 1 is 0.960 bits per heavy atom. The lowest BCUT2D eigenvalue weighted by molar-refractivity contribution is -0.116. The number of esters is 1. The van der Waals surface area contributed by atoms with Crippen LogP contribution in [0.1, 0.15) is 46.0 Å². The molecule has 1 amide bonds. The van der Waals surface area contributed by atoms with Crippen LogP contribution in [-0.2, 0) is 9.53 Å². The van der Waals surface area contributed by atoms with Crippen LogP contribution >= 0.6 is 0 Å². The van der Waals surface area contributed by atoms with Crippen molar-refractivity contribution in [3.8, 4) is 0 Å². The number of carbonyl (C=O) groups is 3. The lowest BCUT2D eigenvalue weighted by Crippen LogP contribution is -2.16. The second-order valence-electron chi connectivity index (χ2n) is 5.60. The number of aryl methyl sites for hydroxylation is 1. The van der Waals surface area contributed by atoms with Gasteiger partial charge in [0.05, 0.1) is 17.9 Å². The van der Waals surface area contributed by atoms with Gasteiger partial charge in [0.15, 0.2) is 5.78 Å². The summed E-state index contributed by atoms with van der Waals surface area (Å²) < 4.78 is 4.97. The quantitative estimate of drug-likeness (QED) is 0.615. The van der Waals surface area contributed by atoms with Crippen LogP contribution < -0.4 is 5.32 Å². The molecule has 25 heavy (non-hydrogen) atoms. The molecule has 0 aliphatic heterocycles. The van der Waals surface area contributed by atoms with E-state index in [2.05, 4.69) is 5.32 Å². The highest BCUT2D eigenvalue weighted by atomic mass is 16.5. The minimum absolute atomic E-state index is 0.0455. The van der Waals surface area contributed by atoms with Crippen molar-refractivity contribution in [2.24, 2.45) is 0 Å². The third-order valence-corrected chi connectivity index (χ3v) is 3.65. The van der Waals surface area contributed by atoms with Crippen LogP contribution in [0, 0.1) is 6.92 Å². The van der Waals surface area contributed by atoms with Crippen molar-refractivity contribution in [1.82, 2.24) is 0 Å². The number of hydrogen-bond acceptors (Lipinski definition) is 4. The molecule has 0 aromatic heterocycles. The summed E-state index contributed by atoms with van der Waals surface area (Å²) in [5.74, 6) is -0.903. The van der Waals surface area contributed by atoms with Gasteiger partial charge in [0.1, 0.15) is 0 Å². The number of ketones is 1. The van der Waals surface area contributed by atoms with E-state index < -0.39 is 5.97 Å². The smallest absolute Gasteiger partial charge is 0.340 e. The van der Waals surface area contributed by atoms with Crippen molar-refractivity contribution >= 4 is 23.3 Å². The summed E-state index contributed by atoms with van der Waals surface area (Å²) in [5.41, 5.74) is 2.34. The van der Waals surface area contributed by atoms with E-state index in [0.29, 0.717) is 16.8 Å². The van der Waals surface area contributed by atoms with E-state index in [9.17, 15) is 14.4 Å². The summed E-state index contributed by atoms with van der Waals surface area (Å²) in [6.45, 7) is 3.92. The molecule has 0 aliphatic carbocycles. The third kappa shape index (κ3) is 5.28. The molecule has 0 unspecified atom stereocenters. The average Bonchev–Trinajstić information content (AvgIpc) is 2.61. The summed E-state index contributed by atoms with van der Waals surface area (Å²) in [5, 5.41) is 2.67. The van der Waals surface area contributed by atoms with Gasteiger partial charge < -0.3 is 10.1 Å². The molecule has 0 saturated heterocycles. The third-order valence-electron chi connectivity index (χ3n) is 3.65. The van der Waals surface area contributed by atoms with Crippen molar-refractivity contribution in [2.45, 2.75) is 26.7 Å². The fraction of sp³-hybridized carbons (Fsp3) is 0.250. The number of hydrogen-bond donors (Lipinski definition) is 1. The molecule has 0 saturated carbocycles. The van der Waals surface area contributed by atoms with E-state index >= 15 is 0 Å². The van der Waals surface area contributed by atoms with Crippen molar-refractivity contribution in [2.75, 3.05) is 11.9 Å². The Morgan fingerprint density at radius 3 is 2.32 bits per heavy atom. The molecular weight excluding hydrogens is 318 g/mol. The van der Waals surface area contributed by atoms with Gasteiger partial charge in [-0.15, -0.1) is 0 Å². The van der Waals surface area contributed by atoms with Crippen LogP contribution in [0.4, 0.5) is 5.69 Å². The molecule has 5 nitrogen and oxygen atoms in total. The summed E-state index contributed by atoms with van der Waals surface area (Å²) in [4.78, 5) is 36.1. The van der Waals surface area contributed by atoms with Gasteiger partial charge in [0.2, 0.25) is 5.91 Å². The molecule has 0 aliphatic rings. The molecule has 0 spiro atoms. The highest BCUT2D eigenvalue weighted by Gasteiger charge is 2.15. The van der Waals surface area contributed by atoms with Gasteiger partial charge in [-0.2, -0.15) is 0 Å². The van der Waals surface area contributed by atoms with Crippen molar-refractivity contribution < 1.29 is 19.1 Å². The maximum absolute atomic E-state index is 12.1. The largest absolute Gasteiger partial charge is 0.462 e. The predicted octanol–water partition coefficient (Wildman–Crippen LogP) is 3.77. The molecule has 2 aromatic carbocycles. The molecule has 5 heteroatoms. The zero-order valence-electron chi connectivity index (χ0n) is 14.4. The number of nitrogens with one attached hydrogen (secondary N) is 1. The molecule has 2 rings (SSSR count). The first-order chi connectivity index (χ1) is 12.0. The van der Waals surface area contributed by atoms with Gasteiger partial charge in [-0.25, -0.2) is 4.79 Å². The van der Waals surface area contributed by atoms with Gasteiger partial charge in [0.25, 0.3) is 0 Å². The number of ether oxygens (including phenoxy) is 1. The van der Waals surface area contributed by atoms with Crippen LogP contribution in [0.5, 0.6) is 0 Å². The second-order valence-corrected chi connectivity index (χ2v) is 5.60. The molecule has 2 aromatic rings. The van der Waals surface area contributed by atoms with Gasteiger partial charge in [-0.1, -0.05) is 42.0 Å². The minimum atomic E-state index is -0.492. The number of carbonyl (C=O) groups excluding carboxylic acids is 3. The van der Waals surface area contributed by atoms with Gasteiger partial charge in [0, 0.05) is 18.4 Å². The van der Waals surface area contributed by atoms with Gasteiger partial charge >= 0.3 is 5.97 Å². The first-order valence-electron chi connectivity index (χ1n) is 8.17. The van der Waals surface area contributed by atoms with E-state index in [-0.39, 0.29) is 31.1 Å². The number of rotatable bonds is 7. The first kappa shape index (κ1) is 18.4. The van der Waals surface area contributed by atoms with E-state index in [1.54, 1.807) is 43.3 Å². The minimum Gasteiger partial charge on any atom is -0.462 e. The Kier molecular flexibility index (Phi) is 6.46. The molecule has 0 fully saturated rings. The van der Waals surface area contributed by atoms with Crippen molar-refractivity contribution in [1.29, 1.82) is 0 Å². The number of para-hydroxylation sites is 1. The van der Waals surface area contributed by atoms with Crippen LogP contribution in [0.15, 0.2) is 48.5 Å². The maximum atomic E-state index is 12.1. The van der Waals surface area contributed by atoms with E-state index in [1.807, 2.05) is 19.1 Å². The highest BCUT2D eigenvalue weighted by molar-refractivity contribution is 6.03. The summed E-state index contributed by atoms with van der Waals surface area (Å²) in [6, 6.07) is 13.9. The van der Waals surface area contributed by atoms with Crippen LogP contribution in [-0.4, -0.2) is 24.3 Å². The Bertz CT molecular complexity index is 766. The number of benzene rings is 2. The highest BCUT2D eigenvalue weighted by Crippen LogP contribution is 2.17. The fourth-order valence-electron chi connectivity index (χ4n) is 2.30. The van der Waals surface area contributed by atoms with E-state index in [4.69, 9.17) is 4.74 Å². The fourth-order valence-corrected chi connectivity index (χ4v) is 2.30. The number of amides is 1. The lowest BCUT2D eigenvalue weighted by atomic mass is 10.0. The Hall–Kier alpha value is -2.95. The summed E-state index contributed by atoms with van der Waals surface area (Å²) in [6.07, 6.45) is 0.153. The molecule has 0 bridgehead atoms. The molecule has 1 N–H and O–H groups in total. The Labute approximate surface area is 147 Å². The predicted molar refractivity (Wildman–Crippen MR) is 95.8 cm³/mol. The lowest BCUT2D eigenvalue weighted by Gasteiger charge is -2.10. The monoisotopic (exact) mass is 339 g/mol. The van der Waals surface area contributed by atoms with Gasteiger partial charge in [-0.3, -0.25) is 9.59 Å². The summed E-state index contributed by atoms with van der Waals surface area (Å²) in [7, 11) is 0. The molecule has 130 valence electrons. The van der Waals surface area contributed by atoms with Gasteiger partial charge in [-0.05, 0) is 26.0 Å².